The van der Waals surface area contributed by atoms with E-state index in [0.717, 1.165) is 23.7 Å². The van der Waals surface area contributed by atoms with Crippen molar-refractivity contribution in [2.45, 2.75) is 17.7 Å². The van der Waals surface area contributed by atoms with Crippen molar-refractivity contribution in [2.75, 3.05) is 37.4 Å². The normalized spacial score (nSPS) is 17.7. The summed E-state index contributed by atoms with van der Waals surface area (Å²) in [5.41, 5.74) is 0.575. The summed E-state index contributed by atoms with van der Waals surface area (Å²) in [4.78, 5) is 23.3. The average molecular weight is 389 g/mol. The molecule has 8 nitrogen and oxygen atoms in total. The predicted molar refractivity (Wildman–Crippen MR) is 103 cm³/mol. The Morgan fingerprint density at radius 3 is 2.48 bits per heavy atom. The highest BCUT2D eigenvalue weighted by molar-refractivity contribution is 7.89. The SMILES string of the molecule is CN(C)S(=O)(=O)c1ccc(NC(=O)C2CCCN(c3ncccn3)C2)cc1. The van der Waals surface area contributed by atoms with Crippen LogP contribution in [0.3, 0.4) is 0 Å². The highest BCUT2D eigenvalue weighted by Gasteiger charge is 2.27. The molecule has 1 amide bonds. The van der Waals surface area contributed by atoms with E-state index in [1.165, 1.54) is 26.2 Å². The van der Waals surface area contributed by atoms with Crippen molar-refractivity contribution in [3.8, 4) is 0 Å². The summed E-state index contributed by atoms with van der Waals surface area (Å²) in [7, 11) is -0.516. The zero-order valence-electron chi connectivity index (χ0n) is 15.4. The number of nitrogens with one attached hydrogen (secondary N) is 1. The number of nitrogens with zero attached hydrogens (tertiary/aromatic N) is 4. The number of carbonyl (C=O) groups excluding carboxylic acids is 1. The number of amides is 1. The molecule has 1 atom stereocenters. The molecule has 3 rings (SSSR count). The highest BCUT2D eigenvalue weighted by Crippen LogP contribution is 2.22. The second-order valence-corrected chi connectivity index (χ2v) is 8.79. The molecule has 1 aliphatic rings. The second kappa shape index (κ2) is 8.01. The van der Waals surface area contributed by atoms with E-state index in [4.69, 9.17) is 0 Å². The van der Waals surface area contributed by atoms with Crippen LogP contribution in [0.1, 0.15) is 12.8 Å². The second-order valence-electron chi connectivity index (χ2n) is 6.64. The predicted octanol–water partition coefficient (Wildman–Crippen LogP) is 1.58. The maximum atomic E-state index is 12.6. The van der Waals surface area contributed by atoms with Gasteiger partial charge in [-0.05, 0) is 43.2 Å². The van der Waals surface area contributed by atoms with Gasteiger partial charge in [0.1, 0.15) is 0 Å². The first-order valence-electron chi connectivity index (χ1n) is 8.73. The van der Waals surface area contributed by atoms with E-state index in [0.29, 0.717) is 18.2 Å². The lowest BCUT2D eigenvalue weighted by Gasteiger charge is -2.31. The lowest BCUT2D eigenvalue weighted by Crippen LogP contribution is -2.41. The van der Waals surface area contributed by atoms with E-state index in [1.807, 2.05) is 4.90 Å². The minimum atomic E-state index is -3.48. The number of benzene rings is 1. The molecule has 0 radical (unpaired) electrons. The number of sulfonamides is 1. The lowest BCUT2D eigenvalue weighted by molar-refractivity contribution is -0.120. The van der Waals surface area contributed by atoms with Gasteiger partial charge in [0.25, 0.3) is 0 Å². The van der Waals surface area contributed by atoms with Crippen LogP contribution >= 0.6 is 0 Å². The first kappa shape index (κ1) is 19.2. The lowest BCUT2D eigenvalue weighted by atomic mass is 9.97. The number of hydrogen-bond acceptors (Lipinski definition) is 6. The van der Waals surface area contributed by atoms with Gasteiger partial charge >= 0.3 is 0 Å². The Bertz CT molecular complexity index is 885. The monoisotopic (exact) mass is 389 g/mol. The van der Waals surface area contributed by atoms with Crippen molar-refractivity contribution in [3.63, 3.8) is 0 Å². The molecule has 2 aromatic rings. The molecular weight excluding hydrogens is 366 g/mol. The Hall–Kier alpha value is -2.52. The van der Waals surface area contributed by atoms with Crippen molar-refractivity contribution in [1.29, 1.82) is 0 Å². The van der Waals surface area contributed by atoms with Gasteiger partial charge in [0, 0.05) is 45.3 Å². The molecule has 1 aromatic carbocycles. The third kappa shape index (κ3) is 4.42. The maximum absolute atomic E-state index is 12.6. The van der Waals surface area contributed by atoms with Crippen molar-refractivity contribution < 1.29 is 13.2 Å². The van der Waals surface area contributed by atoms with E-state index >= 15 is 0 Å². The van der Waals surface area contributed by atoms with Crippen LogP contribution in [-0.4, -0.2) is 55.8 Å². The number of hydrogen-bond donors (Lipinski definition) is 1. The van der Waals surface area contributed by atoms with Gasteiger partial charge in [-0.15, -0.1) is 0 Å². The van der Waals surface area contributed by atoms with Crippen LogP contribution in [0.15, 0.2) is 47.6 Å². The number of carbonyl (C=O) groups is 1. The topological polar surface area (TPSA) is 95.5 Å². The smallest absolute Gasteiger partial charge is 0.242 e. The molecule has 1 aliphatic heterocycles. The molecular formula is C18H23N5O3S. The number of piperidine rings is 1. The Labute approximate surface area is 159 Å². The third-order valence-electron chi connectivity index (χ3n) is 4.53. The zero-order valence-corrected chi connectivity index (χ0v) is 16.2. The molecule has 1 aromatic heterocycles. The standard InChI is InChI=1S/C18H23N5O3S/c1-22(2)27(25,26)16-8-6-15(7-9-16)21-17(24)14-5-3-12-23(13-14)18-19-10-4-11-20-18/h4,6-11,14H,3,5,12-13H2,1-2H3,(H,21,24). The molecule has 2 heterocycles. The number of rotatable bonds is 5. The van der Waals surface area contributed by atoms with E-state index in [1.54, 1.807) is 30.6 Å². The van der Waals surface area contributed by atoms with Crippen LogP contribution in [0.5, 0.6) is 0 Å². The minimum absolute atomic E-state index is 0.0844. The highest BCUT2D eigenvalue weighted by atomic mass is 32.2. The largest absolute Gasteiger partial charge is 0.340 e. The fraction of sp³-hybridized carbons (Fsp3) is 0.389. The Morgan fingerprint density at radius 2 is 1.85 bits per heavy atom. The Kier molecular flexibility index (Phi) is 5.71. The fourth-order valence-corrected chi connectivity index (χ4v) is 3.89. The number of anilines is 2. The third-order valence-corrected chi connectivity index (χ3v) is 6.36. The van der Waals surface area contributed by atoms with Crippen LogP contribution in [0, 0.1) is 5.92 Å². The molecule has 144 valence electrons. The van der Waals surface area contributed by atoms with Crippen molar-refractivity contribution in [2.24, 2.45) is 5.92 Å². The summed E-state index contributed by atoms with van der Waals surface area (Å²) in [5.74, 6) is 0.375. The Balaban J connectivity index is 1.65. The van der Waals surface area contributed by atoms with Crippen molar-refractivity contribution in [1.82, 2.24) is 14.3 Å². The minimum Gasteiger partial charge on any atom is -0.340 e. The van der Waals surface area contributed by atoms with Gasteiger partial charge < -0.3 is 10.2 Å². The molecule has 1 fully saturated rings. The molecule has 0 aliphatic carbocycles. The van der Waals surface area contributed by atoms with Crippen LogP contribution in [0.4, 0.5) is 11.6 Å². The Morgan fingerprint density at radius 1 is 1.19 bits per heavy atom. The van der Waals surface area contributed by atoms with E-state index < -0.39 is 10.0 Å². The van der Waals surface area contributed by atoms with Gasteiger partial charge in [-0.1, -0.05) is 0 Å². The maximum Gasteiger partial charge on any atom is 0.242 e. The molecule has 0 spiro atoms. The average Bonchev–Trinajstić information content (AvgIpc) is 2.69. The van der Waals surface area contributed by atoms with E-state index in [9.17, 15) is 13.2 Å². The number of aromatic nitrogens is 2. The zero-order chi connectivity index (χ0) is 19.4. The fourth-order valence-electron chi connectivity index (χ4n) is 2.99. The van der Waals surface area contributed by atoms with Crippen molar-refractivity contribution >= 4 is 27.6 Å². The molecule has 27 heavy (non-hydrogen) atoms. The summed E-state index contributed by atoms with van der Waals surface area (Å²) < 4.78 is 25.4. The van der Waals surface area contributed by atoms with Gasteiger partial charge in [-0.2, -0.15) is 0 Å². The summed E-state index contributed by atoms with van der Waals surface area (Å²) in [6.07, 6.45) is 5.06. The van der Waals surface area contributed by atoms with Crippen LogP contribution < -0.4 is 10.2 Å². The van der Waals surface area contributed by atoms with Crippen LogP contribution in [0.2, 0.25) is 0 Å². The van der Waals surface area contributed by atoms with Gasteiger partial charge in [-0.25, -0.2) is 22.7 Å². The summed E-state index contributed by atoms with van der Waals surface area (Å²) in [5, 5.41) is 2.88. The van der Waals surface area contributed by atoms with E-state index in [-0.39, 0.29) is 16.7 Å². The first-order valence-corrected chi connectivity index (χ1v) is 10.2. The molecule has 0 bridgehead atoms. The molecule has 9 heteroatoms. The molecule has 1 saturated heterocycles. The molecule has 0 saturated carbocycles. The summed E-state index contributed by atoms with van der Waals surface area (Å²) >= 11 is 0. The summed E-state index contributed by atoms with van der Waals surface area (Å²) in [6, 6.07) is 7.97. The van der Waals surface area contributed by atoms with E-state index in [2.05, 4.69) is 15.3 Å². The summed E-state index contributed by atoms with van der Waals surface area (Å²) in [6.45, 7) is 1.38. The van der Waals surface area contributed by atoms with Crippen LogP contribution in [-0.2, 0) is 14.8 Å². The van der Waals surface area contributed by atoms with Crippen molar-refractivity contribution in [3.05, 3.63) is 42.7 Å². The molecule has 1 N–H and O–H groups in total. The van der Waals surface area contributed by atoms with Crippen LogP contribution in [0.25, 0.3) is 0 Å². The van der Waals surface area contributed by atoms with Gasteiger partial charge in [0.2, 0.25) is 21.9 Å². The molecule has 1 unspecified atom stereocenters. The quantitative estimate of drug-likeness (QED) is 0.834. The first-order chi connectivity index (χ1) is 12.9. The van der Waals surface area contributed by atoms with Gasteiger partial charge in [-0.3, -0.25) is 4.79 Å². The van der Waals surface area contributed by atoms with Gasteiger partial charge in [0.05, 0.1) is 10.8 Å². The van der Waals surface area contributed by atoms with Gasteiger partial charge in [0.15, 0.2) is 0 Å².